The van der Waals surface area contributed by atoms with Gasteiger partial charge in [-0.15, -0.1) is 11.3 Å². The summed E-state index contributed by atoms with van der Waals surface area (Å²) >= 11 is 1.92. The number of hydrogen-bond acceptors (Lipinski definition) is 1. The van der Waals surface area contributed by atoms with Crippen molar-refractivity contribution in [1.29, 1.82) is 0 Å². The van der Waals surface area contributed by atoms with E-state index in [1.807, 2.05) is 11.3 Å². The van der Waals surface area contributed by atoms with Gasteiger partial charge >= 0.3 is 0 Å². The number of thiophene rings is 1. The van der Waals surface area contributed by atoms with Gasteiger partial charge in [0, 0.05) is 47.6 Å². The molecule has 6 aromatic carbocycles. The van der Waals surface area contributed by atoms with E-state index in [0.717, 1.165) is 23.7 Å². The van der Waals surface area contributed by atoms with Gasteiger partial charge in [-0.05, 0) is 114 Å². The van der Waals surface area contributed by atoms with Crippen LogP contribution in [0.1, 0.15) is 43.2 Å². The maximum atomic E-state index is 2.64. The monoisotopic (exact) mass is 633 g/mol. The number of rotatable bonds is 2. The quantitative estimate of drug-likeness (QED) is 0.178. The third kappa shape index (κ3) is 3.18. The molecule has 0 amide bonds. The molecule has 2 aromatic heterocycles. The summed E-state index contributed by atoms with van der Waals surface area (Å²) in [6, 6.07) is 48.8. The topological polar surface area (TPSA) is 4.93 Å². The van der Waals surface area contributed by atoms with Crippen molar-refractivity contribution in [3.05, 3.63) is 139 Å². The summed E-state index contributed by atoms with van der Waals surface area (Å²) in [7, 11) is 0. The molecular formula is C46H35NS. The second kappa shape index (κ2) is 9.27. The Labute approximate surface area is 284 Å². The maximum Gasteiger partial charge on any atom is 0.0547 e. The van der Waals surface area contributed by atoms with Gasteiger partial charge in [0.2, 0.25) is 0 Å². The number of aromatic nitrogens is 1. The molecule has 1 spiro atoms. The molecular weight excluding hydrogens is 599 g/mol. The van der Waals surface area contributed by atoms with E-state index in [2.05, 4.69) is 132 Å². The zero-order valence-corrected chi connectivity index (χ0v) is 27.6. The lowest BCUT2D eigenvalue weighted by Crippen LogP contribution is -2.55. The Hall–Kier alpha value is -4.66. The van der Waals surface area contributed by atoms with Crippen LogP contribution in [0.4, 0.5) is 0 Å². The van der Waals surface area contributed by atoms with Crippen LogP contribution in [-0.4, -0.2) is 4.57 Å². The number of benzene rings is 6. The van der Waals surface area contributed by atoms with E-state index in [1.54, 1.807) is 11.1 Å². The van der Waals surface area contributed by atoms with Crippen molar-refractivity contribution in [3.8, 4) is 27.9 Å². The molecule has 0 atom stereocenters. The standard InChI is InChI=1S/C46H35NS/c1-4-15-39-32(9-1)33-20-19-31(26-40(33)46(39)29-22-27-21-28(24-29)25-30(46)23-27)47-41-16-5-2-11-38(41)44-35(12-8-17-42(44)47)37-14-7-13-36-34-10-3-6-18-43(34)48-45(36)37/h1-20,26-30H,21-25H2. The first kappa shape index (κ1) is 26.3. The third-order valence-corrected chi connectivity index (χ3v) is 14.4. The van der Waals surface area contributed by atoms with Gasteiger partial charge in [0.1, 0.15) is 0 Å². The highest BCUT2D eigenvalue weighted by molar-refractivity contribution is 7.26. The lowest BCUT2D eigenvalue weighted by Gasteiger charge is -2.61. The Morgan fingerprint density at radius 3 is 2.02 bits per heavy atom. The summed E-state index contributed by atoms with van der Waals surface area (Å²) in [4.78, 5) is 0. The number of para-hydroxylation sites is 1. The molecule has 0 aliphatic heterocycles. The minimum absolute atomic E-state index is 0.163. The fourth-order valence-corrected chi connectivity index (χ4v) is 13.0. The molecule has 13 rings (SSSR count). The van der Waals surface area contributed by atoms with Gasteiger partial charge in [-0.25, -0.2) is 0 Å². The Bertz CT molecular complexity index is 2620. The van der Waals surface area contributed by atoms with Crippen LogP contribution in [0.15, 0.2) is 127 Å². The molecule has 4 bridgehead atoms. The molecule has 4 fully saturated rings. The van der Waals surface area contributed by atoms with Gasteiger partial charge in [0.15, 0.2) is 0 Å². The van der Waals surface area contributed by atoms with Gasteiger partial charge in [-0.3, -0.25) is 0 Å². The molecule has 2 heteroatoms. The highest BCUT2D eigenvalue weighted by atomic mass is 32.1. The van der Waals surface area contributed by atoms with Crippen LogP contribution in [0.25, 0.3) is 69.9 Å². The van der Waals surface area contributed by atoms with Crippen molar-refractivity contribution in [1.82, 2.24) is 4.57 Å². The summed E-state index contributed by atoms with van der Waals surface area (Å²) < 4.78 is 5.31. The molecule has 48 heavy (non-hydrogen) atoms. The van der Waals surface area contributed by atoms with Crippen molar-refractivity contribution >= 4 is 53.3 Å². The van der Waals surface area contributed by atoms with Crippen molar-refractivity contribution in [2.75, 3.05) is 0 Å². The lowest BCUT2D eigenvalue weighted by molar-refractivity contribution is -0.0399. The average molecular weight is 634 g/mol. The van der Waals surface area contributed by atoms with Crippen LogP contribution >= 0.6 is 11.3 Å². The van der Waals surface area contributed by atoms with Crippen molar-refractivity contribution in [2.24, 2.45) is 23.7 Å². The fraction of sp³-hybridized carbons (Fsp3) is 0.217. The molecule has 0 N–H and O–H groups in total. The summed E-state index contributed by atoms with van der Waals surface area (Å²) in [6.45, 7) is 0. The van der Waals surface area contributed by atoms with Gasteiger partial charge in [-0.2, -0.15) is 0 Å². The molecule has 0 unspecified atom stereocenters. The zero-order valence-electron chi connectivity index (χ0n) is 26.8. The third-order valence-electron chi connectivity index (χ3n) is 13.2. The van der Waals surface area contributed by atoms with Crippen LogP contribution in [0.5, 0.6) is 0 Å². The summed E-state index contributed by atoms with van der Waals surface area (Å²) in [5.41, 5.74) is 12.9. The van der Waals surface area contributed by atoms with Crippen LogP contribution in [0, 0.1) is 23.7 Å². The molecule has 0 saturated heterocycles. The van der Waals surface area contributed by atoms with Crippen LogP contribution < -0.4 is 0 Å². The Kier molecular flexibility index (Phi) is 5.08. The second-order valence-corrected chi connectivity index (χ2v) is 16.3. The smallest absolute Gasteiger partial charge is 0.0547 e. The number of fused-ring (bicyclic) bond motifs is 9. The average Bonchev–Trinajstić information content (AvgIpc) is 3.77. The first-order chi connectivity index (χ1) is 23.8. The van der Waals surface area contributed by atoms with Crippen LogP contribution in [-0.2, 0) is 5.41 Å². The summed E-state index contributed by atoms with van der Waals surface area (Å²) in [5, 5.41) is 5.39. The highest BCUT2D eigenvalue weighted by Crippen LogP contribution is 2.69. The normalized spacial score (nSPS) is 25.2. The number of nitrogens with zero attached hydrogens (tertiary/aromatic N) is 1. The SMILES string of the molecule is c1ccc2c(c1)-c1ccc(-n3c4ccccc4c4c(-c5cccc6c5sc5ccccc56)cccc43)cc1C21C2CC3CC(C2)CC1C3. The van der Waals surface area contributed by atoms with E-state index in [0.29, 0.717) is 0 Å². The minimum Gasteiger partial charge on any atom is -0.309 e. The van der Waals surface area contributed by atoms with Crippen molar-refractivity contribution in [2.45, 2.75) is 37.5 Å². The molecule has 1 nitrogen and oxygen atoms in total. The van der Waals surface area contributed by atoms with Crippen molar-refractivity contribution in [3.63, 3.8) is 0 Å². The maximum absolute atomic E-state index is 2.64. The van der Waals surface area contributed by atoms with Gasteiger partial charge < -0.3 is 4.57 Å². The largest absolute Gasteiger partial charge is 0.309 e. The molecule has 8 aromatic rings. The minimum atomic E-state index is 0.163. The number of hydrogen-bond donors (Lipinski definition) is 0. The van der Waals surface area contributed by atoms with Gasteiger partial charge in [0.05, 0.1) is 11.0 Å². The predicted molar refractivity (Wildman–Crippen MR) is 202 cm³/mol. The second-order valence-electron chi connectivity index (χ2n) is 15.3. The van der Waals surface area contributed by atoms with E-state index in [-0.39, 0.29) is 5.41 Å². The Balaban J connectivity index is 1.12. The molecule has 4 saturated carbocycles. The Morgan fingerprint density at radius 1 is 0.500 bits per heavy atom. The van der Waals surface area contributed by atoms with E-state index in [9.17, 15) is 0 Å². The van der Waals surface area contributed by atoms with Crippen LogP contribution in [0.2, 0.25) is 0 Å². The van der Waals surface area contributed by atoms with Gasteiger partial charge in [-0.1, -0.05) is 97.1 Å². The van der Waals surface area contributed by atoms with E-state index in [4.69, 9.17) is 0 Å². The highest BCUT2D eigenvalue weighted by Gasteiger charge is 2.61. The lowest BCUT2D eigenvalue weighted by atomic mass is 9.43. The Morgan fingerprint density at radius 2 is 1.15 bits per heavy atom. The predicted octanol–water partition coefficient (Wildman–Crippen LogP) is 12.5. The van der Waals surface area contributed by atoms with E-state index in [1.165, 1.54) is 102 Å². The van der Waals surface area contributed by atoms with Crippen LogP contribution in [0.3, 0.4) is 0 Å². The van der Waals surface area contributed by atoms with E-state index < -0.39 is 0 Å². The van der Waals surface area contributed by atoms with E-state index >= 15 is 0 Å². The molecule has 2 heterocycles. The fourth-order valence-electron chi connectivity index (χ4n) is 11.8. The van der Waals surface area contributed by atoms with Crippen molar-refractivity contribution < 1.29 is 0 Å². The van der Waals surface area contributed by atoms with Gasteiger partial charge in [0.25, 0.3) is 0 Å². The molecule has 5 aliphatic rings. The molecule has 5 aliphatic carbocycles. The molecule has 0 radical (unpaired) electrons. The molecule has 230 valence electrons. The summed E-state index contributed by atoms with van der Waals surface area (Å²) in [6.07, 6.45) is 7.12. The summed E-state index contributed by atoms with van der Waals surface area (Å²) in [5.74, 6) is 3.41. The first-order valence-electron chi connectivity index (χ1n) is 17.9. The first-order valence-corrected chi connectivity index (χ1v) is 18.8. The zero-order chi connectivity index (χ0) is 31.1.